The highest BCUT2D eigenvalue weighted by atomic mass is 16.5. The van der Waals surface area contributed by atoms with Gasteiger partial charge in [-0.3, -0.25) is 4.79 Å². The van der Waals surface area contributed by atoms with Crippen molar-refractivity contribution in [1.82, 2.24) is 14.8 Å². The number of carbonyl (C=O) groups is 1. The molecule has 0 aliphatic rings. The first-order chi connectivity index (χ1) is 15.4. The van der Waals surface area contributed by atoms with Crippen molar-refractivity contribution in [2.24, 2.45) is 0 Å². The molecule has 1 amide bonds. The van der Waals surface area contributed by atoms with Crippen LogP contribution in [0.25, 0.3) is 22.8 Å². The van der Waals surface area contributed by atoms with Gasteiger partial charge in [-0.05, 0) is 68.7 Å². The first kappa shape index (κ1) is 21.3. The number of rotatable bonds is 6. The number of anilines is 1. The van der Waals surface area contributed by atoms with Crippen LogP contribution in [0.3, 0.4) is 0 Å². The molecule has 6 heteroatoms. The Morgan fingerprint density at radius 3 is 2.59 bits per heavy atom. The zero-order valence-corrected chi connectivity index (χ0v) is 18.7. The maximum atomic E-state index is 12.6. The van der Waals surface area contributed by atoms with Crippen molar-refractivity contribution in [2.45, 2.75) is 27.7 Å². The quantitative estimate of drug-likeness (QED) is 0.419. The van der Waals surface area contributed by atoms with E-state index in [9.17, 15) is 4.79 Å². The normalized spacial score (nSPS) is 11.2. The Morgan fingerprint density at radius 1 is 1.06 bits per heavy atom. The number of hydrogen-bond acceptors (Lipinski definition) is 4. The number of hydrogen-bond donors (Lipinski definition) is 1. The molecule has 0 atom stereocenters. The maximum absolute atomic E-state index is 12.6. The van der Waals surface area contributed by atoms with Gasteiger partial charge in [0, 0.05) is 17.5 Å². The molecule has 2 aromatic carbocycles. The second-order valence-corrected chi connectivity index (χ2v) is 7.68. The highest BCUT2D eigenvalue weighted by Gasteiger charge is 2.13. The standard InChI is InChI=1S/C26H26N4O2/c1-5-32-21-12-9-20(10-13-21)11-14-25(31)27-24-16-19(4)29-30(24)23-15-18(3)22-8-6-7-17(2)26(22)28-23/h6-16H,5H2,1-4H3,(H,27,31)/b14-11+. The van der Waals surface area contributed by atoms with Gasteiger partial charge in [0.25, 0.3) is 0 Å². The van der Waals surface area contributed by atoms with Crippen molar-refractivity contribution in [2.75, 3.05) is 11.9 Å². The molecule has 2 aromatic heterocycles. The summed E-state index contributed by atoms with van der Waals surface area (Å²) in [6.45, 7) is 8.56. The van der Waals surface area contributed by atoms with E-state index in [0.29, 0.717) is 18.2 Å². The van der Waals surface area contributed by atoms with Crippen LogP contribution in [0.15, 0.2) is 60.7 Å². The number of benzene rings is 2. The summed E-state index contributed by atoms with van der Waals surface area (Å²) in [7, 11) is 0. The van der Waals surface area contributed by atoms with E-state index in [2.05, 4.69) is 23.4 Å². The van der Waals surface area contributed by atoms with E-state index in [1.165, 1.54) is 6.08 Å². The van der Waals surface area contributed by atoms with Crippen molar-refractivity contribution in [3.8, 4) is 11.6 Å². The molecule has 0 aliphatic heterocycles. The molecule has 162 valence electrons. The van der Waals surface area contributed by atoms with Crippen molar-refractivity contribution < 1.29 is 9.53 Å². The second-order valence-electron chi connectivity index (χ2n) is 7.68. The molecule has 1 N–H and O–H groups in total. The van der Waals surface area contributed by atoms with Gasteiger partial charge >= 0.3 is 0 Å². The van der Waals surface area contributed by atoms with Crippen molar-refractivity contribution in [3.05, 3.63) is 83.1 Å². The number of amides is 1. The van der Waals surface area contributed by atoms with Crippen LogP contribution >= 0.6 is 0 Å². The Balaban J connectivity index is 1.58. The Kier molecular flexibility index (Phi) is 6.03. The highest BCUT2D eigenvalue weighted by molar-refractivity contribution is 6.01. The third-order valence-electron chi connectivity index (χ3n) is 5.15. The van der Waals surface area contributed by atoms with Gasteiger partial charge in [-0.25, -0.2) is 4.98 Å². The summed E-state index contributed by atoms with van der Waals surface area (Å²) in [5.41, 5.74) is 4.84. The van der Waals surface area contributed by atoms with Gasteiger partial charge in [-0.2, -0.15) is 9.78 Å². The highest BCUT2D eigenvalue weighted by Crippen LogP contribution is 2.24. The molecule has 0 radical (unpaired) electrons. The number of carbonyl (C=O) groups excluding carboxylic acids is 1. The van der Waals surface area contributed by atoms with E-state index in [4.69, 9.17) is 9.72 Å². The molecule has 32 heavy (non-hydrogen) atoms. The first-order valence-corrected chi connectivity index (χ1v) is 10.6. The van der Waals surface area contributed by atoms with Gasteiger partial charge in [-0.15, -0.1) is 0 Å². The number of fused-ring (bicyclic) bond motifs is 1. The smallest absolute Gasteiger partial charge is 0.249 e. The molecule has 0 saturated carbocycles. The Morgan fingerprint density at radius 2 is 1.84 bits per heavy atom. The lowest BCUT2D eigenvalue weighted by Crippen LogP contribution is -2.13. The van der Waals surface area contributed by atoms with Crippen LogP contribution in [0.5, 0.6) is 5.75 Å². The molecule has 2 heterocycles. The monoisotopic (exact) mass is 426 g/mol. The molecule has 0 saturated heterocycles. The Bertz CT molecular complexity index is 1300. The number of para-hydroxylation sites is 1. The molecular formula is C26H26N4O2. The van der Waals surface area contributed by atoms with Crippen LogP contribution < -0.4 is 10.1 Å². The lowest BCUT2D eigenvalue weighted by atomic mass is 10.1. The van der Waals surface area contributed by atoms with Crippen LogP contribution in [0.4, 0.5) is 5.82 Å². The van der Waals surface area contributed by atoms with Crippen LogP contribution in [0, 0.1) is 20.8 Å². The molecule has 0 spiro atoms. The predicted octanol–water partition coefficient (Wildman–Crippen LogP) is 5.40. The molecule has 0 fully saturated rings. The molecular weight excluding hydrogens is 400 g/mol. The fourth-order valence-corrected chi connectivity index (χ4v) is 3.60. The second kappa shape index (κ2) is 9.06. The Labute approximate surface area is 187 Å². The van der Waals surface area contributed by atoms with Crippen molar-refractivity contribution in [1.29, 1.82) is 0 Å². The lowest BCUT2D eigenvalue weighted by molar-refractivity contribution is -0.111. The zero-order chi connectivity index (χ0) is 22.7. The largest absolute Gasteiger partial charge is 0.494 e. The van der Waals surface area contributed by atoms with Gasteiger partial charge in [-0.1, -0.05) is 30.3 Å². The van der Waals surface area contributed by atoms with Gasteiger partial charge in [0.15, 0.2) is 5.82 Å². The van der Waals surface area contributed by atoms with Gasteiger partial charge < -0.3 is 10.1 Å². The fourth-order valence-electron chi connectivity index (χ4n) is 3.60. The number of nitrogens with one attached hydrogen (secondary N) is 1. The van der Waals surface area contributed by atoms with Gasteiger partial charge in [0.2, 0.25) is 5.91 Å². The fraction of sp³-hybridized carbons (Fsp3) is 0.192. The molecule has 0 aliphatic carbocycles. The molecule has 0 bridgehead atoms. The van der Waals surface area contributed by atoms with E-state index in [0.717, 1.165) is 39.0 Å². The number of aromatic nitrogens is 3. The summed E-state index contributed by atoms with van der Waals surface area (Å²) in [6.07, 6.45) is 3.27. The average Bonchev–Trinajstić information content (AvgIpc) is 3.14. The minimum Gasteiger partial charge on any atom is -0.494 e. The number of pyridine rings is 1. The number of ether oxygens (including phenoxy) is 1. The number of nitrogens with zero attached hydrogens (tertiary/aromatic N) is 3. The lowest BCUT2D eigenvalue weighted by Gasteiger charge is -2.11. The zero-order valence-electron chi connectivity index (χ0n) is 18.7. The van der Waals surface area contributed by atoms with Crippen LogP contribution in [0.2, 0.25) is 0 Å². The van der Waals surface area contributed by atoms with Crippen LogP contribution in [0.1, 0.15) is 29.3 Å². The van der Waals surface area contributed by atoms with E-state index in [-0.39, 0.29) is 5.91 Å². The summed E-state index contributed by atoms with van der Waals surface area (Å²) in [6, 6.07) is 17.6. The maximum Gasteiger partial charge on any atom is 0.249 e. The van der Waals surface area contributed by atoms with Gasteiger partial charge in [0.1, 0.15) is 11.6 Å². The predicted molar refractivity (Wildman–Crippen MR) is 128 cm³/mol. The van der Waals surface area contributed by atoms with E-state index < -0.39 is 0 Å². The van der Waals surface area contributed by atoms with Crippen molar-refractivity contribution >= 4 is 28.7 Å². The molecule has 0 unspecified atom stereocenters. The van der Waals surface area contributed by atoms with Crippen LogP contribution in [-0.2, 0) is 4.79 Å². The SMILES string of the molecule is CCOc1ccc(/C=C/C(=O)Nc2cc(C)nn2-c2cc(C)c3cccc(C)c3n2)cc1. The third-order valence-corrected chi connectivity index (χ3v) is 5.15. The summed E-state index contributed by atoms with van der Waals surface area (Å²) < 4.78 is 7.12. The van der Waals surface area contributed by atoms with Gasteiger partial charge in [0.05, 0.1) is 17.8 Å². The summed E-state index contributed by atoms with van der Waals surface area (Å²) in [4.78, 5) is 17.4. The topological polar surface area (TPSA) is 69.0 Å². The molecule has 6 nitrogen and oxygen atoms in total. The average molecular weight is 427 g/mol. The minimum absolute atomic E-state index is 0.242. The summed E-state index contributed by atoms with van der Waals surface area (Å²) in [5.74, 6) is 1.81. The molecule has 4 aromatic rings. The van der Waals surface area contributed by atoms with E-state index in [1.807, 2.05) is 69.3 Å². The van der Waals surface area contributed by atoms with E-state index >= 15 is 0 Å². The number of aryl methyl sites for hydroxylation is 3. The van der Waals surface area contributed by atoms with E-state index in [1.54, 1.807) is 10.8 Å². The third kappa shape index (κ3) is 4.54. The van der Waals surface area contributed by atoms with Crippen LogP contribution in [-0.4, -0.2) is 27.3 Å². The summed E-state index contributed by atoms with van der Waals surface area (Å²) >= 11 is 0. The molecule has 4 rings (SSSR count). The van der Waals surface area contributed by atoms with Crippen molar-refractivity contribution in [3.63, 3.8) is 0 Å². The summed E-state index contributed by atoms with van der Waals surface area (Å²) in [5, 5.41) is 8.59. The Hall–Kier alpha value is -3.93. The minimum atomic E-state index is -0.242. The first-order valence-electron chi connectivity index (χ1n) is 10.6.